The third-order valence-corrected chi connectivity index (χ3v) is 4.46. The number of hydrogen-bond donors (Lipinski definition) is 1. The fourth-order valence-electron chi connectivity index (χ4n) is 3.26. The standard InChI is InChI=1S/C22H14O3/c23-13-15-9-11-19(18-8-4-3-6-16(15)18)22(25)21-17-7-2-1-5-14(17)10-12-20(21)24/h1-13,24H. The van der Waals surface area contributed by atoms with Gasteiger partial charge < -0.3 is 5.11 Å². The number of ketones is 1. The Morgan fingerprint density at radius 3 is 2.20 bits per heavy atom. The molecule has 120 valence electrons. The van der Waals surface area contributed by atoms with E-state index in [1.165, 1.54) is 6.07 Å². The highest BCUT2D eigenvalue weighted by atomic mass is 16.3. The molecule has 0 heterocycles. The summed E-state index contributed by atoms with van der Waals surface area (Å²) in [5.74, 6) is -0.310. The molecule has 25 heavy (non-hydrogen) atoms. The van der Waals surface area contributed by atoms with Crippen molar-refractivity contribution in [2.75, 3.05) is 0 Å². The van der Waals surface area contributed by atoms with E-state index in [0.29, 0.717) is 21.9 Å². The lowest BCUT2D eigenvalue weighted by molar-refractivity contribution is 0.103. The number of carbonyl (C=O) groups excluding carboxylic acids is 2. The first-order chi connectivity index (χ1) is 12.2. The molecule has 4 rings (SSSR count). The molecule has 3 heteroatoms. The number of phenols is 1. The Labute approximate surface area is 144 Å². The fraction of sp³-hybridized carbons (Fsp3) is 0. The quantitative estimate of drug-likeness (QED) is 0.437. The zero-order chi connectivity index (χ0) is 17.4. The van der Waals surface area contributed by atoms with Gasteiger partial charge in [-0.1, -0.05) is 60.7 Å². The fourth-order valence-corrected chi connectivity index (χ4v) is 3.26. The van der Waals surface area contributed by atoms with Gasteiger partial charge in [0.2, 0.25) is 0 Å². The summed E-state index contributed by atoms with van der Waals surface area (Å²) >= 11 is 0. The minimum absolute atomic E-state index is 0.0488. The predicted octanol–water partition coefficient (Wildman–Crippen LogP) is 4.74. The Morgan fingerprint density at radius 1 is 0.760 bits per heavy atom. The van der Waals surface area contributed by atoms with Crippen LogP contribution in [-0.2, 0) is 0 Å². The van der Waals surface area contributed by atoms with E-state index in [4.69, 9.17) is 0 Å². The van der Waals surface area contributed by atoms with E-state index < -0.39 is 0 Å². The van der Waals surface area contributed by atoms with Gasteiger partial charge in [0.05, 0.1) is 5.56 Å². The lowest BCUT2D eigenvalue weighted by Gasteiger charge is -2.11. The minimum Gasteiger partial charge on any atom is -0.507 e. The number of rotatable bonds is 3. The Bertz CT molecular complexity index is 1140. The van der Waals surface area contributed by atoms with Crippen molar-refractivity contribution in [3.05, 3.63) is 89.5 Å². The number of fused-ring (bicyclic) bond motifs is 2. The molecule has 0 bridgehead atoms. The van der Waals surface area contributed by atoms with Gasteiger partial charge in [0.1, 0.15) is 5.75 Å². The normalized spacial score (nSPS) is 10.9. The van der Waals surface area contributed by atoms with Crippen LogP contribution in [0.5, 0.6) is 5.75 Å². The lowest BCUT2D eigenvalue weighted by atomic mass is 9.92. The highest BCUT2D eigenvalue weighted by Crippen LogP contribution is 2.32. The van der Waals surface area contributed by atoms with Crippen LogP contribution in [0.25, 0.3) is 21.5 Å². The summed E-state index contributed by atoms with van der Waals surface area (Å²) in [5, 5.41) is 13.4. The Balaban J connectivity index is 2.01. The second-order valence-electron chi connectivity index (χ2n) is 5.88. The molecule has 0 amide bonds. The van der Waals surface area contributed by atoms with Crippen molar-refractivity contribution in [3.63, 3.8) is 0 Å². The van der Waals surface area contributed by atoms with Crippen molar-refractivity contribution in [1.82, 2.24) is 0 Å². The summed E-state index contributed by atoms with van der Waals surface area (Å²) < 4.78 is 0. The van der Waals surface area contributed by atoms with Gasteiger partial charge in [0, 0.05) is 11.1 Å². The smallest absolute Gasteiger partial charge is 0.197 e. The Hall–Kier alpha value is -3.46. The van der Waals surface area contributed by atoms with Crippen LogP contribution < -0.4 is 0 Å². The molecule has 0 aliphatic rings. The summed E-state index contributed by atoms with van der Waals surface area (Å²) in [6.45, 7) is 0. The maximum Gasteiger partial charge on any atom is 0.197 e. The van der Waals surface area contributed by atoms with Gasteiger partial charge in [-0.3, -0.25) is 9.59 Å². The predicted molar refractivity (Wildman–Crippen MR) is 98.4 cm³/mol. The molecule has 0 aromatic heterocycles. The molecular formula is C22H14O3. The van der Waals surface area contributed by atoms with Gasteiger partial charge in [-0.25, -0.2) is 0 Å². The third-order valence-electron chi connectivity index (χ3n) is 4.46. The number of carbonyl (C=O) groups is 2. The van der Waals surface area contributed by atoms with Crippen molar-refractivity contribution in [2.24, 2.45) is 0 Å². The first kappa shape index (κ1) is 15.1. The van der Waals surface area contributed by atoms with E-state index in [2.05, 4.69) is 0 Å². The van der Waals surface area contributed by atoms with E-state index >= 15 is 0 Å². The van der Waals surface area contributed by atoms with Crippen molar-refractivity contribution < 1.29 is 14.7 Å². The second kappa shape index (κ2) is 5.87. The SMILES string of the molecule is O=Cc1ccc(C(=O)c2c(O)ccc3ccccc23)c2ccccc12. The molecule has 0 atom stereocenters. The average molecular weight is 326 g/mol. The van der Waals surface area contributed by atoms with Crippen LogP contribution in [0.2, 0.25) is 0 Å². The van der Waals surface area contributed by atoms with Gasteiger partial charge in [0.25, 0.3) is 0 Å². The number of aromatic hydroxyl groups is 1. The largest absolute Gasteiger partial charge is 0.507 e. The van der Waals surface area contributed by atoms with Crippen LogP contribution in [0.4, 0.5) is 0 Å². The van der Waals surface area contributed by atoms with E-state index in [-0.39, 0.29) is 17.1 Å². The Kier molecular flexibility index (Phi) is 3.55. The number of aldehydes is 1. The van der Waals surface area contributed by atoms with Gasteiger partial charge in [0.15, 0.2) is 12.1 Å². The summed E-state index contributed by atoms with van der Waals surface area (Å²) in [7, 11) is 0. The third kappa shape index (κ3) is 2.37. The van der Waals surface area contributed by atoms with Gasteiger partial charge in [-0.15, -0.1) is 0 Å². The first-order valence-corrected chi connectivity index (χ1v) is 7.93. The van der Waals surface area contributed by atoms with Gasteiger partial charge in [-0.05, 0) is 33.7 Å². The molecule has 4 aromatic carbocycles. The van der Waals surface area contributed by atoms with Crippen LogP contribution in [0.1, 0.15) is 26.3 Å². The molecule has 1 N–H and O–H groups in total. The molecule has 0 fully saturated rings. The van der Waals surface area contributed by atoms with Crippen molar-refractivity contribution in [3.8, 4) is 5.75 Å². The van der Waals surface area contributed by atoms with Crippen molar-refractivity contribution in [1.29, 1.82) is 0 Å². The van der Waals surface area contributed by atoms with Crippen LogP contribution in [0.15, 0.2) is 72.8 Å². The Morgan fingerprint density at radius 2 is 1.44 bits per heavy atom. The van der Waals surface area contributed by atoms with E-state index in [0.717, 1.165) is 17.1 Å². The van der Waals surface area contributed by atoms with Crippen LogP contribution in [0.3, 0.4) is 0 Å². The summed E-state index contributed by atoms with van der Waals surface area (Å²) in [6.07, 6.45) is 0.784. The molecule has 0 saturated heterocycles. The van der Waals surface area contributed by atoms with Gasteiger partial charge in [-0.2, -0.15) is 0 Å². The number of phenolic OH excluding ortho intramolecular Hbond substituents is 1. The van der Waals surface area contributed by atoms with Crippen LogP contribution in [0, 0.1) is 0 Å². The zero-order valence-corrected chi connectivity index (χ0v) is 13.3. The van der Waals surface area contributed by atoms with E-state index in [1.807, 2.05) is 48.5 Å². The van der Waals surface area contributed by atoms with E-state index in [1.54, 1.807) is 18.2 Å². The topological polar surface area (TPSA) is 54.4 Å². The van der Waals surface area contributed by atoms with Crippen LogP contribution in [-0.4, -0.2) is 17.2 Å². The lowest BCUT2D eigenvalue weighted by Crippen LogP contribution is -2.04. The highest BCUT2D eigenvalue weighted by Gasteiger charge is 2.19. The molecule has 4 aromatic rings. The minimum atomic E-state index is -0.261. The zero-order valence-electron chi connectivity index (χ0n) is 13.3. The van der Waals surface area contributed by atoms with Crippen molar-refractivity contribution >= 4 is 33.6 Å². The second-order valence-corrected chi connectivity index (χ2v) is 5.88. The molecule has 0 saturated carbocycles. The average Bonchev–Trinajstić information content (AvgIpc) is 2.66. The summed E-state index contributed by atoms with van der Waals surface area (Å²) in [5.41, 5.74) is 1.28. The molecule has 0 unspecified atom stereocenters. The molecular weight excluding hydrogens is 312 g/mol. The first-order valence-electron chi connectivity index (χ1n) is 7.93. The maximum absolute atomic E-state index is 13.2. The molecule has 3 nitrogen and oxygen atoms in total. The monoisotopic (exact) mass is 326 g/mol. The van der Waals surface area contributed by atoms with Crippen LogP contribution >= 0.6 is 0 Å². The van der Waals surface area contributed by atoms with Gasteiger partial charge >= 0.3 is 0 Å². The molecule has 0 aliphatic heterocycles. The number of hydrogen-bond acceptors (Lipinski definition) is 3. The molecule has 0 radical (unpaired) electrons. The summed E-state index contributed by atoms with van der Waals surface area (Å²) in [4.78, 5) is 24.5. The highest BCUT2D eigenvalue weighted by molar-refractivity contribution is 6.23. The number of benzene rings is 4. The van der Waals surface area contributed by atoms with E-state index in [9.17, 15) is 14.7 Å². The maximum atomic E-state index is 13.2. The van der Waals surface area contributed by atoms with Crippen molar-refractivity contribution in [2.45, 2.75) is 0 Å². The summed E-state index contributed by atoms with van der Waals surface area (Å²) in [6, 6.07) is 21.4. The molecule has 0 spiro atoms. The molecule has 0 aliphatic carbocycles.